The van der Waals surface area contributed by atoms with Crippen molar-refractivity contribution >= 4 is 17.9 Å². The van der Waals surface area contributed by atoms with Gasteiger partial charge < -0.3 is 4.74 Å². The summed E-state index contributed by atoms with van der Waals surface area (Å²) in [7, 11) is 0. The Kier molecular flexibility index (Phi) is 3.02. The molecule has 1 atom stereocenters. The third kappa shape index (κ3) is 2.99. The normalized spacial score (nSPS) is 17.4. The molecule has 0 aliphatic heterocycles. The first-order valence-corrected chi connectivity index (χ1v) is 2.79. The number of ether oxygens (including phenoxy) is 1. The van der Waals surface area contributed by atoms with Gasteiger partial charge in [0.1, 0.15) is 0 Å². The Morgan fingerprint density at radius 3 is 2.50 bits per heavy atom. The predicted molar refractivity (Wildman–Crippen MR) is 31.9 cm³/mol. The Morgan fingerprint density at radius 1 is 1.88 bits per heavy atom. The van der Waals surface area contributed by atoms with Gasteiger partial charge in [0.15, 0.2) is 11.3 Å². The van der Waals surface area contributed by atoms with E-state index in [9.17, 15) is 4.79 Å². The summed E-state index contributed by atoms with van der Waals surface area (Å²) in [6.07, 6.45) is 0.568. The molecule has 48 valence electrons. The molecule has 2 nitrogen and oxygen atoms in total. The first kappa shape index (κ1) is 7.92. The summed E-state index contributed by atoms with van der Waals surface area (Å²) in [5.74, 6) is 0. The highest BCUT2D eigenvalue weighted by molar-refractivity contribution is 6.30. The number of hydrogen-bond donors (Lipinski definition) is 0. The van der Waals surface area contributed by atoms with E-state index in [1.807, 2.05) is 0 Å². The van der Waals surface area contributed by atoms with Gasteiger partial charge in [0.05, 0.1) is 0 Å². The standard InChI is InChI=1S/C5H9ClO2/c1-3-8-5(2,6)4-7/h4H,3H2,1-2H3. The lowest BCUT2D eigenvalue weighted by atomic mass is 10.4. The van der Waals surface area contributed by atoms with Crippen molar-refractivity contribution in [3.8, 4) is 0 Å². The molecule has 0 aromatic heterocycles. The highest BCUT2D eigenvalue weighted by atomic mass is 35.5. The van der Waals surface area contributed by atoms with Gasteiger partial charge in [-0.1, -0.05) is 11.6 Å². The van der Waals surface area contributed by atoms with Crippen LogP contribution in [0, 0.1) is 0 Å². The van der Waals surface area contributed by atoms with Crippen molar-refractivity contribution in [1.82, 2.24) is 0 Å². The second kappa shape index (κ2) is 3.05. The molecule has 0 rings (SSSR count). The third-order valence-corrected chi connectivity index (χ3v) is 0.835. The molecule has 0 aliphatic carbocycles. The lowest BCUT2D eigenvalue weighted by molar-refractivity contribution is -0.120. The Balaban J connectivity index is 3.53. The molecular weight excluding hydrogens is 128 g/mol. The summed E-state index contributed by atoms with van der Waals surface area (Å²) in [4.78, 5) is 9.96. The largest absolute Gasteiger partial charge is 0.353 e. The summed E-state index contributed by atoms with van der Waals surface area (Å²) in [5.41, 5.74) is 0. The highest BCUT2D eigenvalue weighted by Gasteiger charge is 2.17. The van der Waals surface area contributed by atoms with Crippen molar-refractivity contribution in [2.45, 2.75) is 18.9 Å². The zero-order chi connectivity index (χ0) is 6.62. The monoisotopic (exact) mass is 136 g/mol. The fourth-order valence-electron chi connectivity index (χ4n) is 0.316. The van der Waals surface area contributed by atoms with Crippen molar-refractivity contribution < 1.29 is 9.53 Å². The van der Waals surface area contributed by atoms with Crippen molar-refractivity contribution in [1.29, 1.82) is 0 Å². The van der Waals surface area contributed by atoms with Crippen molar-refractivity contribution in [3.63, 3.8) is 0 Å². The van der Waals surface area contributed by atoms with Gasteiger partial charge in [-0.05, 0) is 13.8 Å². The summed E-state index contributed by atoms with van der Waals surface area (Å²) in [5, 5.41) is -1.12. The minimum absolute atomic E-state index is 0.457. The van der Waals surface area contributed by atoms with Crippen LogP contribution in [-0.4, -0.2) is 18.0 Å². The van der Waals surface area contributed by atoms with Crippen LogP contribution in [0.5, 0.6) is 0 Å². The summed E-state index contributed by atoms with van der Waals surface area (Å²) in [6, 6.07) is 0. The fraction of sp³-hybridized carbons (Fsp3) is 0.800. The maximum absolute atomic E-state index is 9.96. The van der Waals surface area contributed by atoms with Crippen molar-refractivity contribution in [2.75, 3.05) is 6.61 Å². The molecule has 0 spiro atoms. The predicted octanol–water partition coefficient (Wildman–Crippen LogP) is 1.18. The van der Waals surface area contributed by atoms with E-state index >= 15 is 0 Å². The van der Waals surface area contributed by atoms with Crippen LogP contribution in [0.2, 0.25) is 0 Å². The zero-order valence-electron chi connectivity index (χ0n) is 4.98. The zero-order valence-corrected chi connectivity index (χ0v) is 5.73. The summed E-state index contributed by atoms with van der Waals surface area (Å²) < 4.78 is 4.78. The SMILES string of the molecule is CCOC(C)(Cl)C=O. The van der Waals surface area contributed by atoms with Crippen LogP contribution in [0.4, 0.5) is 0 Å². The van der Waals surface area contributed by atoms with Crippen LogP contribution >= 0.6 is 11.6 Å². The molecule has 0 N–H and O–H groups in total. The Morgan fingerprint density at radius 2 is 2.38 bits per heavy atom. The number of halogens is 1. The Labute approximate surface area is 53.8 Å². The average Bonchev–Trinajstić information content (AvgIpc) is 1.67. The van der Waals surface area contributed by atoms with Crippen LogP contribution in [-0.2, 0) is 9.53 Å². The first-order valence-electron chi connectivity index (χ1n) is 2.41. The maximum atomic E-state index is 9.96. The lowest BCUT2D eigenvalue weighted by Gasteiger charge is -2.12. The molecule has 0 saturated carbocycles. The topological polar surface area (TPSA) is 26.3 Å². The van der Waals surface area contributed by atoms with E-state index in [0.717, 1.165) is 0 Å². The molecule has 0 aromatic rings. The van der Waals surface area contributed by atoms with E-state index in [2.05, 4.69) is 0 Å². The second-order valence-corrected chi connectivity index (χ2v) is 2.29. The summed E-state index contributed by atoms with van der Waals surface area (Å²) >= 11 is 5.43. The highest BCUT2D eigenvalue weighted by Crippen LogP contribution is 2.10. The molecule has 0 bridgehead atoms. The van der Waals surface area contributed by atoms with Crippen LogP contribution in [0.25, 0.3) is 0 Å². The molecule has 0 amide bonds. The van der Waals surface area contributed by atoms with Gasteiger partial charge in [0.2, 0.25) is 0 Å². The molecule has 0 aromatic carbocycles. The van der Waals surface area contributed by atoms with E-state index in [1.54, 1.807) is 6.92 Å². The first-order chi connectivity index (χ1) is 3.62. The molecule has 0 fully saturated rings. The number of carbonyl (C=O) groups is 1. The van der Waals surface area contributed by atoms with Crippen LogP contribution < -0.4 is 0 Å². The van der Waals surface area contributed by atoms with E-state index in [0.29, 0.717) is 12.9 Å². The molecular formula is C5H9ClO2. The molecule has 8 heavy (non-hydrogen) atoms. The van der Waals surface area contributed by atoms with Crippen LogP contribution in [0.15, 0.2) is 0 Å². The molecule has 0 aliphatic rings. The average molecular weight is 137 g/mol. The van der Waals surface area contributed by atoms with Gasteiger partial charge in [0.25, 0.3) is 0 Å². The van der Waals surface area contributed by atoms with E-state index < -0.39 is 5.06 Å². The molecule has 0 radical (unpaired) electrons. The van der Waals surface area contributed by atoms with Gasteiger partial charge in [-0.25, -0.2) is 0 Å². The molecule has 1 unspecified atom stereocenters. The van der Waals surface area contributed by atoms with Gasteiger partial charge >= 0.3 is 0 Å². The van der Waals surface area contributed by atoms with Gasteiger partial charge in [-0.15, -0.1) is 0 Å². The minimum Gasteiger partial charge on any atom is -0.353 e. The number of carbonyl (C=O) groups excluding carboxylic acids is 1. The smallest absolute Gasteiger partial charge is 0.194 e. The number of hydrogen-bond acceptors (Lipinski definition) is 2. The number of aldehydes is 1. The van der Waals surface area contributed by atoms with E-state index in [1.165, 1.54) is 6.92 Å². The van der Waals surface area contributed by atoms with Gasteiger partial charge in [-0.3, -0.25) is 4.79 Å². The van der Waals surface area contributed by atoms with Crippen LogP contribution in [0.1, 0.15) is 13.8 Å². The van der Waals surface area contributed by atoms with E-state index in [4.69, 9.17) is 16.3 Å². The molecule has 0 saturated heterocycles. The van der Waals surface area contributed by atoms with Gasteiger partial charge in [0, 0.05) is 6.61 Å². The fourth-order valence-corrected chi connectivity index (χ4v) is 0.425. The van der Waals surface area contributed by atoms with Crippen molar-refractivity contribution in [3.05, 3.63) is 0 Å². The Bertz CT molecular complexity index is 80.5. The lowest BCUT2D eigenvalue weighted by Crippen LogP contribution is -2.22. The third-order valence-electron chi connectivity index (χ3n) is 0.637. The van der Waals surface area contributed by atoms with E-state index in [-0.39, 0.29) is 0 Å². The minimum atomic E-state index is -1.12. The number of alkyl halides is 1. The van der Waals surface area contributed by atoms with Crippen molar-refractivity contribution in [2.24, 2.45) is 0 Å². The molecule has 3 heteroatoms. The molecule has 0 heterocycles. The van der Waals surface area contributed by atoms with Crippen LogP contribution in [0.3, 0.4) is 0 Å². The summed E-state index contributed by atoms with van der Waals surface area (Å²) in [6.45, 7) is 3.74. The number of rotatable bonds is 3. The maximum Gasteiger partial charge on any atom is 0.194 e. The quantitative estimate of drug-likeness (QED) is 0.430. The van der Waals surface area contributed by atoms with Gasteiger partial charge in [-0.2, -0.15) is 0 Å². The Hall–Kier alpha value is -0.0800. The second-order valence-electron chi connectivity index (χ2n) is 1.54.